The highest BCUT2D eigenvalue weighted by Crippen LogP contribution is 2.28. The van der Waals surface area contributed by atoms with E-state index >= 15 is 0 Å². The number of imidazole rings is 1. The normalized spacial score (nSPS) is 11.7. The molecule has 2 aromatic carbocycles. The topological polar surface area (TPSA) is 28.7 Å². The molecule has 0 fully saturated rings. The van der Waals surface area contributed by atoms with E-state index in [9.17, 15) is 0 Å². The Balaban J connectivity index is 1.80. The molecule has 0 aliphatic carbocycles. The Labute approximate surface area is 148 Å². The summed E-state index contributed by atoms with van der Waals surface area (Å²) in [5.41, 5.74) is 4.85. The van der Waals surface area contributed by atoms with Gasteiger partial charge in [-0.25, -0.2) is 4.98 Å². The van der Waals surface area contributed by atoms with Gasteiger partial charge in [0, 0.05) is 11.4 Å². The van der Waals surface area contributed by atoms with Crippen molar-refractivity contribution < 1.29 is 0 Å². The van der Waals surface area contributed by atoms with E-state index in [1.54, 1.807) is 0 Å². The van der Waals surface area contributed by atoms with Gasteiger partial charge in [0.15, 0.2) is 0 Å². The van der Waals surface area contributed by atoms with Gasteiger partial charge in [-0.3, -0.25) is 0 Å². The second-order valence-electron chi connectivity index (χ2n) is 6.83. The molecule has 3 heteroatoms. The van der Waals surface area contributed by atoms with Crippen molar-refractivity contribution in [3.8, 4) is 11.3 Å². The minimum Gasteiger partial charge on any atom is -0.342 e. The highest BCUT2D eigenvalue weighted by Gasteiger charge is 2.17. The van der Waals surface area contributed by atoms with Gasteiger partial charge in [-0.2, -0.15) is 0 Å². The predicted octanol–water partition coefficient (Wildman–Crippen LogP) is 6.01. The Kier molecular flexibility index (Phi) is 4.77. The Morgan fingerprint density at radius 3 is 2.42 bits per heavy atom. The first-order valence-corrected chi connectivity index (χ1v) is 8.75. The molecule has 1 aromatic heterocycles. The van der Waals surface area contributed by atoms with Crippen molar-refractivity contribution in [2.24, 2.45) is 0 Å². The minimum atomic E-state index is 0.210. The molecule has 3 rings (SSSR count). The van der Waals surface area contributed by atoms with Crippen molar-refractivity contribution in [1.29, 1.82) is 0 Å². The molecule has 0 radical (unpaired) electrons. The van der Waals surface area contributed by atoms with Crippen LogP contribution in [0.2, 0.25) is 5.02 Å². The van der Waals surface area contributed by atoms with E-state index in [0.29, 0.717) is 6.42 Å². The van der Waals surface area contributed by atoms with Gasteiger partial charge < -0.3 is 4.98 Å². The van der Waals surface area contributed by atoms with Crippen LogP contribution in [0, 0.1) is 0 Å². The highest BCUT2D eigenvalue weighted by molar-refractivity contribution is 6.31. The maximum absolute atomic E-state index is 6.23. The number of hydrogen-bond donors (Lipinski definition) is 1. The maximum Gasteiger partial charge on any atom is 0.110 e. The van der Waals surface area contributed by atoms with Gasteiger partial charge in [-0.05, 0) is 34.6 Å². The molecular formula is C21H23ClN2. The summed E-state index contributed by atoms with van der Waals surface area (Å²) >= 11 is 6.23. The number of aromatic nitrogens is 2. The lowest BCUT2D eigenvalue weighted by Crippen LogP contribution is -2.14. The first-order valence-electron chi connectivity index (χ1n) is 8.38. The van der Waals surface area contributed by atoms with Gasteiger partial charge in [0.25, 0.3) is 0 Å². The number of benzene rings is 2. The van der Waals surface area contributed by atoms with Crippen LogP contribution in [0.4, 0.5) is 0 Å². The summed E-state index contributed by atoms with van der Waals surface area (Å²) in [6, 6.07) is 16.7. The van der Waals surface area contributed by atoms with Crippen LogP contribution >= 0.6 is 11.6 Å². The van der Waals surface area contributed by atoms with Crippen molar-refractivity contribution in [2.75, 3.05) is 0 Å². The lowest BCUT2D eigenvalue weighted by Gasteiger charge is -2.23. The fourth-order valence-corrected chi connectivity index (χ4v) is 2.93. The summed E-state index contributed by atoms with van der Waals surface area (Å²) in [7, 11) is 0. The third kappa shape index (κ3) is 3.54. The first-order chi connectivity index (χ1) is 11.5. The molecule has 0 atom stereocenters. The van der Waals surface area contributed by atoms with Crippen LogP contribution in [0.15, 0.2) is 54.7 Å². The van der Waals surface area contributed by atoms with Crippen molar-refractivity contribution >= 4 is 11.6 Å². The number of halogens is 1. The van der Waals surface area contributed by atoms with Crippen LogP contribution in [0.3, 0.4) is 0 Å². The van der Waals surface area contributed by atoms with Crippen LogP contribution < -0.4 is 0 Å². The maximum atomic E-state index is 6.23. The van der Waals surface area contributed by atoms with Crippen molar-refractivity contribution in [1.82, 2.24) is 9.97 Å². The molecular weight excluding hydrogens is 316 g/mol. The van der Waals surface area contributed by atoms with Crippen LogP contribution in [0.5, 0.6) is 0 Å². The Hall–Kier alpha value is -2.06. The smallest absolute Gasteiger partial charge is 0.110 e. The summed E-state index contributed by atoms with van der Waals surface area (Å²) in [6.07, 6.45) is 3.73. The Morgan fingerprint density at radius 1 is 1.04 bits per heavy atom. The molecule has 0 saturated carbocycles. The van der Waals surface area contributed by atoms with Gasteiger partial charge in [-0.1, -0.05) is 74.8 Å². The lowest BCUT2D eigenvalue weighted by atomic mass is 9.82. The molecule has 0 aliphatic heterocycles. The summed E-state index contributed by atoms with van der Waals surface area (Å²) in [5, 5.41) is 0.779. The Morgan fingerprint density at radius 2 is 1.75 bits per heavy atom. The molecule has 1 heterocycles. The van der Waals surface area contributed by atoms with Crippen LogP contribution in [-0.2, 0) is 11.8 Å². The summed E-state index contributed by atoms with van der Waals surface area (Å²) in [6.45, 7) is 6.78. The summed E-state index contributed by atoms with van der Waals surface area (Å²) < 4.78 is 0. The molecule has 3 aromatic rings. The molecule has 0 unspecified atom stereocenters. The van der Waals surface area contributed by atoms with Crippen molar-refractivity contribution in [2.45, 2.75) is 39.0 Å². The lowest BCUT2D eigenvalue weighted by molar-refractivity contribution is 0.506. The van der Waals surface area contributed by atoms with Crippen LogP contribution in [0.25, 0.3) is 11.3 Å². The van der Waals surface area contributed by atoms with Gasteiger partial charge >= 0.3 is 0 Å². The van der Waals surface area contributed by atoms with Crippen molar-refractivity contribution in [3.05, 3.63) is 76.7 Å². The number of aromatic amines is 1. The largest absolute Gasteiger partial charge is 0.342 e. The van der Waals surface area contributed by atoms with E-state index in [-0.39, 0.29) is 5.41 Å². The molecule has 1 N–H and O–H groups in total. The second-order valence-corrected chi connectivity index (χ2v) is 7.23. The standard InChI is InChI=1S/C21H23ClN2/c1-4-21(2,3)17-11-9-15(10-12-17)19-14-23-20(24-19)13-16-7-5-6-8-18(16)22/h5-12,14H,4,13H2,1-3H3,(H,23,24). The Bertz CT molecular complexity index is 816. The molecule has 0 spiro atoms. The SMILES string of the molecule is CCC(C)(C)c1ccc(-c2cnc(Cc3ccccc3Cl)[nH]2)cc1. The van der Waals surface area contributed by atoms with Gasteiger partial charge in [0.1, 0.15) is 5.82 Å². The minimum absolute atomic E-state index is 0.210. The third-order valence-electron chi connectivity index (χ3n) is 4.81. The number of rotatable bonds is 5. The fraction of sp³-hybridized carbons (Fsp3) is 0.286. The second kappa shape index (κ2) is 6.82. The van der Waals surface area contributed by atoms with E-state index in [1.807, 2.05) is 30.5 Å². The van der Waals surface area contributed by atoms with Crippen LogP contribution in [-0.4, -0.2) is 9.97 Å². The molecule has 2 nitrogen and oxygen atoms in total. The molecule has 0 saturated heterocycles. The third-order valence-corrected chi connectivity index (χ3v) is 5.17. The average molecular weight is 339 g/mol. The number of nitrogens with zero attached hydrogens (tertiary/aromatic N) is 1. The predicted molar refractivity (Wildman–Crippen MR) is 102 cm³/mol. The van der Waals surface area contributed by atoms with E-state index in [0.717, 1.165) is 34.1 Å². The molecule has 124 valence electrons. The zero-order valence-corrected chi connectivity index (χ0v) is 15.2. The monoisotopic (exact) mass is 338 g/mol. The van der Waals surface area contributed by atoms with Gasteiger partial charge in [0.05, 0.1) is 11.9 Å². The molecule has 0 bridgehead atoms. The fourth-order valence-electron chi connectivity index (χ4n) is 2.73. The van der Waals surface area contributed by atoms with Crippen molar-refractivity contribution in [3.63, 3.8) is 0 Å². The summed E-state index contributed by atoms with van der Waals surface area (Å²) in [5.74, 6) is 0.927. The van der Waals surface area contributed by atoms with E-state index in [2.05, 4.69) is 55.0 Å². The zero-order chi connectivity index (χ0) is 17.2. The van der Waals surface area contributed by atoms with Gasteiger partial charge in [-0.15, -0.1) is 0 Å². The first kappa shape index (κ1) is 16.8. The molecule has 0 aliphatic rings. The summed E-state index contributed by atoms with van der Waals surface area (Å²) in [4.78, 5) is 7.91. The number of hydrogen-bond acceptors (Lipinski definition) is 1. The van der Waals surface area contributed by atoms with E-state index in [1.165, 1.54) is 5.56 Å². The van der Waals surface area contributed by atoms with E-state index < -0.39 is 0 Å². The highest BCUT2D eigenvalue weighted by atomic mass is 35.5. The average Bonchev–Trinajstić information content (AvgIpc) is 3.06. The van der Waals surface area contributed by atoms with E-state index in [4.69, 9.17) is 11.6 Å². The molecule has 24 heavy (non-hydrogen) atoms. The molecule has 0 amide bonds. The number of nitrogens with one attached hydrogen (secondary N) is 1. The van der Waals surface area contributed by atoms with Crippen LogP contribution in [0.1, 0.15) is 44.1 Å². The quantitative estimate of drug-likeness (QED) is 0.606. The zero-order valence-electron chi connectivity index (χ0n) is 14.4. The number of H-pyrrole nitrogens is 1. The van der Waals surface area contributed by atoms with Gasteiger partial charge in [0.2, 0.25) is 0 Å².